The van der Waals surface area contributed by atoms with E-state index >= 15 is 0 Å². The number of carbonyl (C=O) groups is 1. The number of hydrogen-bond donors (Lipinski definition) is 1. The molecule has 5 nitrogen and oxygen atoms in total. The summed E-state index contributed by atoms with van der Waals surface area (Å²) in [4.78, 5) is 15.9. The number of benzene rings is 3. The Balaban J connectivity index is 1.79. The molecule has 3 atom stereocenters. The average molecular weight is 417 g/mol. The third-order valence-corrected chi connectivity index (χ3v) is 6.49. The van der Waals surface area contributed by atoms with E-state index in [9.17, 15) is 20.4 Å². The van der Waals surface area contributed by atoms with Crippen molar-refractivity contribution in [2.75, 3.05) is 4.90 Å². The van der Waals surface area contributed by atoms with Crippen LogP contribution in [0.5, 0.6) is 5.75 Å². The third-order valence-electron chi connectivity index (χ3n) is 6.49. The Kier molecular flexibility index (Phi) is 4.54. The van der Waals surface area contributed by atoms with Gasteiger partial charge in [0.05, 0.1) is 18.2 Å². The molecule has 0 radical (unpaired) electrons. The van der Waals surface area contributed by atoms with Crippen LogP contribution in [0.3, 0.4) is 0 Å². The molecule has 154 valence electrons. The van der Waals surface area contributed by atoms with E-state index in [-0.39, 0.29) is 11.5 Å². The Hall–Kier alpha value is -4.35. The van der Waals surface area contributed by atoms with Gasteiger partial charge in [0.1, 0.15) is 11.8 Å². The highest BCUT2D eigenvalue weighted by Crippen LogP contribution is 2.55. The van der Waals surface area contributed by atoms with Gasteiger partial charge in [0, 0.05) is 17.2 Å². The molecule has 0 aromatic heterocycles. The molecule has 2 aliphatic rings. The number of anilines is 1. The maximum Gasteiger partial charge on any atom is 0.185 e. The topological polar surface area (TPSA) is 88.1 Å². The van der Waals surface area contributed by atoms with Gasteiger partial charge in [-0.05, 0) is 29.3 Å². The van der Waals surface area contributed by atoms with Gasteiger partial charge >= 0.3 is 0 Å². The number of ketones is 1. The van der Waals surface area contributed by atoms with E-state index in [0.29, 0.717) is 11.1 Å². The maximum absolute atomic E-state index is 13.9. The van der Waals surface area contributed by atoms with E-state index in [2.05, 4.69) is 12.1 Å². The number of Topliss-reactive ketones (excluding diaryl/α,β-unsaturated/α-hetero) is 1. The van der Waals surface area contributed by atoms with Crippen molar-refractivity contribution >= 4 is 17.5 Å². The zero-order valence-electron chi connectivity index (χ0n) is 17.1. The van der Waals surface area contributed by atoms with Crippen LogP contribution in [-0.2, 0) is 0 Å². The van der Waals surface area contributed by atoms with Gasteiger partial charge in [-0.1, -0.05) is 72.8 Å². The molecular formula is C27H19N3O2. The number of phenolic OH excluding ortho intramolecular Hbond substituents is 1. The first kappa shape index (κ1) is 19.6. The molecule has 0 amide bonds. The summed E-state index contributed by atoms with van der Waals surface area (Å²) in [5, 5.41) is 30.5. The Morgan fingerprint density at radius 1 is 0.906 bits per heavy atom. The van der Waals surface area contributed by atoms with Crippen LogP contribution in [0.4, 0.5) is 5.69 Å². The molecule has 5 heteroatoms. The van der Waals surface area contributed by atoms with Gasteiger partial charge in [-0.25, -0.2) is 0 Å². The molecule has 3 aromatic rings. The van der Waals surface area contributed by atoms with Gasteiger partial charge in [0.25, 0.3) is 0 Å². The molecule has 1 N–H and O–H groups in total. The van der Waals surface area contributed by atoms with E-state index < -0.39 is 23.4 Å². The first-order chi connectivity index (χ1) is 15.6. The van der Waals surface area contributed by atoms with Crippen molar-refractivity contribution in [1.82, 2.24) is 0 Å². The SMILES string of the molecule is N#CC1(C#N)[C@@H]2C=Cc3ccccc3N2[C@@H](C(=O)c2ccccc2)[C@@H]1c1ccc(O)cc1. The van der Waals surface area contributed by atoms with Crippen LogP contribution in [0, 0.1) is 28.1 Å². The molecule has 0 aliphatic carbocycles. The lowest BCUT2D eigenvalue weighted by Crippen LogP contribution is -2.44. The highest BCUT2D eigenvalue weighted by atomic mass is 16.3. The van der Waals surface area contributed by atoms with E-state index in [0.717, 1.165) is 11.3 Å². The minimum Gasteiger partial charge on any atom is -0.508 e. The van der Waals surface area contributed by atoms with Crippen molar-refractivity contribution in [2.45, 2.75) is 18.0 Å². The summed E-state index contributed by atoms with van der Waals surface area (Å²) in [6, 6.07) is 26.3. The van der Waals surface area contributed by atoms with E-state index in [1.807, 2.05) is 47.4 Å². The van der Waals surface area contributed by atoms with Crippen molar-refractivity contribution in [3.63, 3.8) is 0 Å². The first-order valence-corrected chi connectivity index (χ1v) is 10.4. The first-order valence-electron chi connectivity index (χ1n) is 10.4. The largest absolute Gasteiger partial charge is 0.508 e. The molecule has 32 heavy (non-hydrogen) atoms. The number of para-hydroxylation sites is 1. The summed E-state index contributed by atoms with van der Waals surface area (Å²) in [5.41, 5.74) is 1.46. The van der Waals surface area contributed by atoms with Gasteiger partial charge in [-0.15, -0.1) is 0 Å². The molecule has 1 fully saturated rings. The molecule has 5 rings (SSSR count). The monoisotopic (exact) mass is 417 g/mol. The van der Waals surface area contributed by atoms with Crippen molar-refractivity contribution in [1.29, 1.82) is 10.5 Å². The average Bonchev–Trinajstić information content (AvgIpc) is 3.15. The van der Waals surface area contributed by atoms with Gasteiger partial charge in [-0.2, -0.15) is 10.5 Å². The van der Waals surface area contributed by atoms with E-state index in [1.165, 1.54) is 12.1 Å². The van der Waals surface area contributed by atoms with Crippen LogP contribution in [-0.4, -0.2) is 23.0 Å². The van der Waals surface area contributed by atoms with Crippen LogP contribution < -0.4 is 4.90 Å². The summed E-state index contributed by atoms with van der Waals surface area (Å²) in [6.07, 6.45) is 3.78. The van der Waals surface area contributed by atoms with E-state index in [1.54, 1.807) is 36.4 Å². The molecule has 0 saturated carbocycles. The number of nitriles is 2. The Bertz CT molecular complexity index is 1290. The fourth-order valence-electron chi connectivity index (χ4n) is 5.06. The maximum atomic E-state index is 13.9. The van der Waals surface area contributed by atoms with Gasteiger partial charge < -0.3 is 10.0 Å². The standard InChI is InChI=1S/C27H19N3O2/c28-16-27(17-29)23-15-12-18-6-4-5-9-22(18)30(23)25(26(32)20-7-2-1-3-8-20)24(27)19-10-13-21(31)14-11-19/h1-15,23-25,31H/t23-,24-,25+/m0/s1. The Labute approximate surface area is 186 Å². The quantitative estimate of drug-likeness (QED) is 0.626. The number of carbonyl (C=O) groups excluding carboxylic acids is 1. The van der Waals surface area contributed by atoms with E-state index in [4.69, 9.17) is 0 Å². The zero-order chi connectivity index (χ0) is 22.3. The van der Waals surface area contributed by atoms with Crippen molar-refractivity contribution in [2.24, 2.45) is 5.41 Å². The highest BCUT2D eigenvalue weighted by Gasteiger charge is 2.63. The summed E-state index contributed by atoms with van der Waals surface area (Å²) in [5.74, 6) is -0.780. The number of rotatable bonds is 3. The molecule has 3 aromatic carbocycles. The lowest BCUT2D eigenvalue weighted by molar-refractivity contribution is 0.0951. The number of nitrogens with zero attached hydrogens (tertiary/aromatic N) is 3. The molecule has 2 heterocycles. The van der Waals surface area contributed by atoms with Crippen LogP contribution in [0.2, 0.25) is 0 Å². The number of aromatic hydroxyl groups is 1. The number of hydrogen-bond acceptors (Lipinski definition) is 5. The van der Waals surface area contributed by atoms with Crippen molar-refractivity contribution in [3.05, 3.63) is 102 Å². The van der Waals surface area contributed by atoms with Crippen LogP contribution in [0.25, 0.3) is 6.08 Å². The summed E-state index contributed by atoms with van der Waals surface area (Å²) >= 11 is 0. The smallest absolute Gasteiger partial charge is 0.185 e. The second-order valence-electron chi connectivity index (χ2n) is 8.11. The predicted molar refractivity (Wildman–Crippen MR) is 121 cm³/mol. The Morgan fingerprint density at radius 3 is 2.25 bits per heavy atom. The second-order valence-corrected chi connectivity index (χ2v) is 8.11. The predicted octanol–water partition coefficient (Wildman–Crippen LogP) is 4.68. The van der Waals surface area contributed by atoms with Gasteiger partial charge in [-0.3, -0.25) is 4.79 Å². The lowest BCUT2D eigenvalue weighted by atomic mass is 9.69. The summed E-state index contributed by atoms with van der Waals surface area (Å²) < 4.78 is 0. The second kappa shape index (κ2) is 7.41. The van der Waals surface area contributed by atoms with Crippen LogP contribution in [0.15, 0.2) is 84.9 Å². The van der Waals surface area contributed by atoms with Crippen LogP contribution >= 0.6 is 0 Å². The highest BCUT2D eigenvalue weighted by molar-refractivity contribution is 6.04. The molecule has 0 spiro atoms. The minimum atomic E-state index is -1.49. The number of phenols is 1. The molecule has 2 aliphatic heterocycles. The lowest BCUT2D eigenvalue weighted by Gasteiger charge is -2.35. The molecule has 1 saturated heterocycles. The van der Waals surface area contributed by atoms with Crippen molar-refractivity contribution < 1.29 is 9.90 Å². The van der Waals surface area contributed by atoms with Crippen molar-refractivity contribution in [3.8, 4) is 17.9 Å². The third kappa shape index (κ3) is 2.72. The molecular weight excluding hydrogens is 398 g/mol. The fraction of sp³-hybridized carbons (Fsp3) is 0.148. The fourth-order valence-corrected chi connectivity index (χ4v) is 5.06. The minimum absolute atomic E-state index is 0.0835. The summed E-state index contributed by atoms with van der Waals surface area (Å²) in [7, 11) is 0. The summed E-state index contributed by atoms with van der Waals surface area (Å²) in [6.45, 7) is 0. The zero-order valence-corrected chi connectivity index (χ0v) is 17.1. The van der Waals surface area contributed by atoms with Gasteiger partial charge in [0.15, 0.2) is 11.2 Å². The van der Waals surface area contributed by atoms with Gasteiger partial charge in [0.2, 0.25) is 0 Å². The molecule has 0 bridgehead atoms. The number of fused-ring (bicyclic) bond motifs is 3. The Morgan fingerprint density at radius 2 is 1.56 bits per heavy atom. The normalized spacial score (nSPS) is 22.3. The van der Waals surface area contributed by atoms with Crippen LogP contribution in [0.1, 0.15) is 27.4 Å². The molecule has 0 unspecified atom stereocenters.